The molecule has 2 amide bonds. The number of halogens is 1. The molecule has 0 aromatic heterocycles. The third kappa shape index (κ3) is 3.54. The van der Waals surface area contributed by atoms with Gasteiger partial charge in [0.2, 0.25) is 5.91 Å². The highest BCUT2D eigenvalue weighted by Gasteiger charge is 2.80. The van der Waals surface area contributed by atoms with E-state index in [1.807, 2.05) is 6.92 Å². The number of unbranched alkanes of at least 4 members (excludes halogenated alkanes) is 1. The van der Waals surface area contributed by atoms with Crippen LogP contribution in [0.1, 0.15) is 33.1 Å². The van der Waals surface area contributed by atoms with E-state index in [9.17, 15) is 24.6 Å². The fourth-order valence-electron chi connectivity index (χ4n) is 6.25. The Labute approximate surface area is 204 Å². The van der Waals surface area contributed by atoms with E-state index >= 15 is 0 Å². The number of amides is 2. The Kier molecular flexibility index (Phi) is 6.52. The molecule has 3 aliphatic heterocycles. The second-order valence-corrected chi connectivity index (χ2v) is 10.2. The highest BCUT2D eigenvalue weighted by Crippen LogP contribution is 2.65. The molecule has 184 valence electrons. The number of carboxylic acid groups (broad SMARTS) is 1. The maximum atomic E-state index is 14.2. The molecule has 3 saturated heterocycles. The highest BCUT2D eigenvalue weighted by molar-refractivity contribution is 6.30. The minimum absolute atomic E-state index is 0.0358. The van der Waals surface area contributed by atoms with Gasteiger partial charge in [-0.1, -0.05) is 24.6 Å². The van der Waals surface area contributed by atoms with E-state index in [4.69, 9.17) is 16.3 Å². The van der Waals surface area contributed by atoms with Gasteiger partial charge < -0.3 is 24.7 Å². The average molecular weight is 491 g/mol. The molecule has 3 aliphatic rings. The van der Waals surface area contributed by atoms with Gasteiger partial charge in [0, 0.05) is 30.4 Å². The van der Waals surface area contributed by atoms with Gasteiger partial charge in [0.1, 0.15) is 17.6 Å². The zero-order valence-electron chi connectivity index (χ0n) is 19.4. The van der Waals surface area contributed by atoms with Gasteiger partial charge in [0.05, 0.1) is 11.5 Å². The fraction of sp³-hybridized carbons (Fsp3) is 0.560. The molecule has 1 spiro atoms. The molecule has 9 heteroatoms. The molecule has 3 heterocycles. The topological polar surface area (TPSA) is 107 Å². The van der Waals surface area contributed by atoms with Crippen LogP contribution in [0.15, 0.2) is 36.9 Å². The van der Waals surface area contributed by atoms with E-state index in [1.54, 1.807) is 37.3 Å². The summed E-state index contributed by atoms with van der Waals surface area (Å²) in [4.78, 5) is 43.3. The summed E-state index contributed by atoms with van der Waals surface area (Å²) < 4.78 is 6.49. The monoisotopic (exact) mass is 490 g/mol. The summed E-state index contributed by atoms with van der Waals surface area (Å²) in [5.41, 5.74) is -1.67. The molecule has 1 aromatic rings. The van der Waals surface area contributed by atoms with Crippen LogP contribution in [-0.4, -0.2) is 69.8 Å². The number of carbonyl (C=O) groups is 3. The number of carbonyl (C=O) groups excluding carboxylic acids is 2. The minimum Gasteiger partial charge on any atom is -0.481 e. The lowest BCUT2D eigenvalue weighted by Crippen LogP contribution is -2.57. The third-order valence-corrected chi connectivity index (χ3v) is 8.09. The van der Waals surface area contributed by atoms with Gasteiger partial charge in [0.25, 0.3) is 5.91 Å². The Balaban J connectivity index is 1.80. The van der Waals surface area contributed by atoms with Crippen LogP contribution >= 0.6 is 11.6 Å². The number of ether oxygens (including phenoxy) is 1. The van der Waals surface area contributed by atoms with E-state index < -0.39 is 35.0 Å². The zero-order chi connectivity index (χ0) is 24.8. The SMILES string of the molecule is C=CCN(C(=O)C1N(CCCCO)C(=O)[C@@H]2[C@@H](C(=O)O)[C@]3(C)OC12CC3C)c1ccc(Cl)cc1. The molecular formula is C25H31ClN2O6. The van der Waals surface area contributed by atoms with E-state index in [1.165, 1.54) is 9.80 Å². The lowest BCUT2D eigenvalue weighted by Gasteiger charge is -2.37. The summed E-state index contributed by atoms with van der Waals surface area (Å²) in [6.07, 6.45) is 2.97. The van der Waals surface area contributed by atoms with Gasteiger partial charge >= 0.3 is 5.97 Å². The number of hydrogen-bond acceptors (Lipinski definition) is 5. The van der Waals surface area contributed by atoms with Crippen LogP contribution < -0.4 is 4.90 Å². The van der Waals surface area contributed by atoms with Gasteiger partial charge in [-0.15, -0.1) is 6.58 Å². The number of anilines is 1. The van der Waals surface area contributed by atoms with Gasteiger partial charge in [-0.05, 0) is 56.4 Å². The minimum atomic E-state index is -1.23. The van der Waals surface area contributed by atoms with Crippen molar-refractivity contribution in [1.29, 1.82) is 0 Å². The molecule has 4 rings (SSSR count). The normalized spacial score (nSPS) is 33.8. The summed E-state index contributed by atoms with van der Waals surface area (Å²) in [5.74, 6) is -3.92. The summed E-state index contributed by atoms with van der Waals surface area (Å²) in [6, 6.07) is 5.83. The zero-order valence-corrected chi connectivity index (χ0v) is 20.2. The Morgan fingerprint density at radius 3 is 2.59 bits per heavy atom. The molecule has 2 bridgehead atoms. The number of aliphatic hydroxyl groups is 1. The van der Waals surface area contributed by atoms with Gasteiger partial charge in [-0.25, -0.2) is 0 Å². The number of hydrogen-bond donors (Lipinski definition) is 2. The van der Waals surface area contributed by atoms with Crippen molar-refractivity contribution in [1.82, 2.24) is 4.90 Å². The Morgan fingerprint density at radius 2 is 2.00 bits per heavy atom. The van der Waals surface area contributed by atoms with E-state index in [0.29, 0.717) is 30.0 Å². The van der Waals surface area contributed by atoms with Crippen molar-refractivity contribution in [2.24, 2.45) is 17.8 Å². The van der Waals surface area contributed by atoms with E-state index in [0.717, 1.165) is 0 Å². The van der Waals surface area contributed by atoms with Crippen molar-refractivity contribution in [3.05, 3.63) is 41.9 Å². The average Bonchev–Trinajstić information content (AvgIpc) is 3.30. The van der Waals surface area contributed by atoms with Gasteiger partial charge in [-0.2, -0.15) is 0 Å². The molecule has 6 atom stereocenters. The van der Waals surface area contributed by atoms with Crippen molar-refractivity contribution in [3.8, 4) is 0 Å². The lowest BCUT2D eigenvalue weighted by molar-refractivity contribution is -0.156. The first-order valence-corrected chi connectivity index (χ1v) is 12.0. The van der Waals surface area contributed by atoms with Crippen LogP contribution in [0.2, 0.25) is 5.02 Å². The molecule has 8 nitrogen and oxygen atoms in total. The fourth-order valence-corrected chi connectivity index (χ4v) is 6.37. The molecule has 3 fully saturated rings. The first kappa shape index (κ1) is 24.7. The van der Waals surface area contributed by atoms with Gasteiger partial charge in [0.15, 0.2) is 0 Å². The number of nitrogens with zero attached hydrogens (tertiary/aromatic N) is 2. The first-order valence-electron chi connectivity index (χ1n) is 11.6. The van der Waals surface area contributed by atoms with Crippen LogP contribution in [-0.2, 0) is 19.1 Å². The second kappa shape index (κ2) is 8.98. The van der Waals surface area contributed by atoms with Crippen molar-refractivity contribution in [2.75, 3.05) is 24.6 Å². The van der Waals surface area contributed by atoms with Crippen molar-refractivity contribution in [3.63, 3.8) is 0 Å². The second-order valence-electron chi connectivity index (χ2n) is 9.72. The molecule has 0 aliphatic carbocycles. The third-order valence-electron chi connectivity index (χ3n) is 7.84. The molecule has 0 saturated carbocycles. The summed E-state index contributed by atoms with van der Waals surface area (Å²) in [7, 11) is 0. The molecule has 0 radical (unpaired) electrons. The first-order chi connectivity index (χ1) is 16.1. The standard InChI is InChI=1S/C25H31ClN2O6/c1-4-11-27(17-9-7-16(26)8-10-17)22(31)20-25-14-15(2)24(3,34-25)19(23(32)33)18(25)21(30)28(20)12-5-6-13-29/h4,7-10,15,18-20,29H,1,5-6,11-14H2,2-3H3,(H,32,33)/t15?,18-,19-,20?,24+,25?/m0/s1. The van der Waals surface area contributed by atoms with Crippen molar-refractivity contribution >= 4 is 35.1 Å². The number of rotatable bonds is 9. The van der Waals surface area contributed by atoms with Crippen LogP contribution in [0.3, 0.4) is 0 Å². The number of likely N-dealkylation sites (tertiary alicyclic amines) is 1. The summed E-state index contributed by atoms with van der Waals surface area (Å²) >= 11 is 6.04. The summed E-state index contributed by atoms with van der Waals surface area (Å²) in [6.45, 7) is 7.84. The number of aliphatic carboxylic acids is 1. The quantitative estimate of drug-likeness (QED) is 0.407. The van der Waals surface area contributed by atoms with Crippen molar-refractivity contribution in [2.45, 2.75) is 50.4 Å². The number of aliphatic hydroxyl groups excluding tert-OH is 1. The predicted molar refractivity (Wildman–Crippen MR) is 126 cm³/mol. The number of fused-ring (bicyclic) bond motifs is 1. The van der Waals surface area contributed by atoms with Crippen LogP contribution in [0.25, 0.3) is 0 Å². The summed E-state index contributed by atoms with van der Waals surface area (Å²) in [5, 5.41) is 19.9. The van der Waals surface area contributed by atoms with Crippen LogP contribution in [0, 0.1) is 17.8 Å². The molecule has 34 heavy (non-hydrogen) atoms. The van der Waals surface area contributed by atoms with Crippen LogP contribution in [0.5, 0.6) is 0 Å². The van der Waals surface area contributed by atoms with E-state index in [2.05, 4.69) is 6.58 Å². The number of carboxylic acids is 1. The lowest BCUT2D eigenvalue weighted by atomic mass is 9.62. The Morgan fingerprint density at radius 1 is 1.32 bits per heavy atom. The maximum Gasteiger partial charge on any atom is 0.310 e. The van der Waals surface area contributed by atoms with Crippen LogP contribution in [0.4, 0.5) is 5.69 Å². The largest absolute Gasteiger partial charge is 0.481 e. The maximum absolute atomic E-state index is 14.2. The number of benzene rings is 1. The highest BCUT2D eigenvalue weighted by atomic mass is 35.5. The van der Waals surface area contributed by atoms with Gasteiger partial charge in [-0.3, -0.25) is 14.4 Å². The molecule has 2 N–H and O–H groups in total. The predicted octanol–water partition coefficient (Wildman–Crippen LogP) is 2.73. The molecule has 1 aromatic carbocycles. The molecule has 3 unspecified atom stereocenters. The molecular weight excluding hydrogens is 460 g/mol. The van der Waals surface area contributed by atoms with E-state index in [-0.39, 0.29) is 37.4 Å². The smallest absolute Gasteiger partial charge is 0.310 e. The Bertz CT molecular complexity index is 1000. The Hall–Kier alpha value is -2.42. The van der Waals surface area contributed by atoms with Crippen molar-refractivity contribution < 1.29 is 29.3 Å².